The molecule has 0 bridgehead atoms. The fourth-order valence-corrected chi connectivity index (χ4v) is 2.94. The SMILES string of the molecule is COc1ccc(NC(=O)C2(C(=O)Nc3cccc(Cl)c3)CC2)cc1Cl. The van der Waals surface area contributed by atoms with Gasteiger partial charge in [-0.15, -0.1) is 0 Å². The number of nitrogens with one attached hydrogen (secondary N) is 2. The first-order valence-electron chi connectivity index (χ1n) is 7.67. The molecule has 2 amide bonds. The van der Waals surface area contributed by atoms with Gasteiger partial charge in [0.15, 0.2) is 0 Å². The third kappa shape index (κ3) is 3.72. The molecule has 5 nitrogen and oxygen atoms in total. The Bertz CT molecular complexity index is 835. The number of carbonyl (C=O) groups excluding carboxylic acids is 2. The molecule has 1 aliphatic carbocycles. The van der Waals surface area contributed by atoms with Crippen LogP contribution >= 0.6 is 23.2 Å². The summed E-state index contributed by atoms with van der Waals surface area (Å²) in [6.07, 6.45) is 0.990. The Labute approximate surface area is 155 Å². The van der Waals surface area contributed by atoms with Gasteiger partial charge >= 0.3 is 0 Å². The summed E-state index contributed by atoms with van der Waals surface area (Å²) in [6, 6.07) is 11.7. The van der Waals surface area contributed by atoms with E-state index in [4.69, 9.17) is 27.9 Å². The van der Waals surface area contributed by atoms with Gasteiger partial charge in [-0.2, -0.15) is 0 Å². The second-order valence-electron chi connectivity index (χ2n) is 5.85. The molecule has 7 heteroatoms. The lowest BCUT2D eigenvalue weighted by Crippen LogP contribution is -2.35. The van der Waals surface area contributed by atoms with Crippen LogP contribution in [0, 0.1) is 5.41 Å². The number of halogens is 2. The molecule has 3 rings (SSSR count). The number of ether oxygens (including phenoxy) is 1. The standard InChI is InChI=1S/C18H16Cl2N2O3/c1-25-15-6-5-13(10-14(15)20)22-17(24)18(7-8-18)16(23)21-12-4-2-3-11(19)9-12/h2-6,9-10H,7-8H2,1H3,(H,21,23)(H,22,24). The van der Waals surface area contributed by atoms with Gasteiger partial charge in [0.25, 0.3) is 0 Å². The third-order valence-electron chi connectivity index (χ3n) is 4.11. The lowest BCUT2D eigenvalue weighted by Gasteiger charge is -2.16. The molecule has 2 N–H and O–H groups in total. The molecule has 130 valence electrons. The van der Waals surface area contributed by atoms with Crippen molar-refractivity contribution in [3.63, 3.8) is 0 Å². The summed E-state index contributed by atoms with van der Waals surface area (Å²) in [5.41, 5.74) is 0.0102. The number of methoxy groups -OCH3 is 1. The van der Waals surface area contributed by atoms with E-state index in [9.17, 15) is 9.59 Å². The number of hydrogen-bond donors (Lipinski definition) is 2. The highest BCUT2D eigenvalue weighted by Crippen LogP contribution is 2.47. The van der Waals surface area contributed by atoms with E-state index in [0.29, 0.717) is 40.0 Å². The van der Waals surface area contributed by atoms with Gasteiger partial charge in [0.2, 0.25) is 11.8 Å². The van der Waals surface area contributed by atoms with Crippen molar-refractivity contribution in [1.82, 2.24) is 0 Å². The number of carbonyl (C=O) groups is 2. The van der Waals surface area contributed by atoms with Crippen LogP contribution in [-0.4, -0.2) is 18.9 Å². The zero-order valence-electron chi connectivity index (χ0n) is 13.4. The van der Waals surface area contributed by atoms with E-state index in [-0.39, 0.29) is 11.8 Å². The van der Waals surface area contributed by atoms with Crippen LogP contribution in [-0.2, 0) is 9.59 Å². The molecule has 0 aromatic heterocycles. The first kappa shape index (κ1) is 17.6. The van der Waals surface area contributed by atoms with E-state index in [2.05, 4.69) is 10.6 Å². The molecule has 2 aromatic carbocycles. The number of benzene rings is 2. The van der Waals surface area contributed by atoms with Crippen LogP contribution < -0.4 is 15.4 Å². The second-order valence-corrected chi connectivity index (χ2v) is 6.69. The van der Waals surface area contributed by atoms with Crippen LogP contribution in [0.15, 0.2) is 42.5 Å². The fraction of sp³-hybridized carbons (Fsp3) is 0.222. The van der Waals surface area contributed by atoms with Crippen molar-refractivity contribution in [2.75, 3.05) is 17.7 Å². The van der Waals surface area contributed by atoms with Gasteiger partial charge < -0.3 is 15.4 Å². The smallest absolute Gasteiger partial charge is 0.240 e. The highest BCUT2D eigenvalue weighted by Gasteiger charge is 2.56. The zero-order chi connectivity index (χ0) is 18.0. The van der Waals surface area contributed by atoms with Crippen molar-refractivity contribution in [2.24, 2.45) is 5.41 Å². The first-order chi connectivity index (χ1) is 11.9. The van der Waals surface area contributed by atoms with Crippen molar-refractivity contribution >= 4 is 46.4 Å². The lowest BCUT2D eigenvalue weighted by molar-refractivity contribution is -0.131. The summed E-state index contributed by atoms with van der Waals surface area (Å²) in [5, 5.41) is 6.40. The minimum absolute atomic E-state index is 0.341. The van der Waals surface area contributed by atoms with Gasteiger partial charge in [-0.1, -0.05) is 29.3 Å². The third-order valence-corrected chi connectivity index (χ3v) is 4.64. The summed E-state index contributed by atoms with van der Waals surface area (Å²) < 4.78 is 5.08. The van der Waals surface area contributed by atoms with E-state index in [1.165, 1.54) is 7.11 Å². The van der Waals surface area contributed by atoms with Gasteiger partial charge in [0, 0.05) is 16.4 Å². The molecule has 0 heterocycles. The van der Waals surface area contributed by atoms with Crippen LogP contribution in [0.3, 0.4) is 0 Å². The van der Waals surface area contributed by atoms with Crippen LogP contribution in [0.2, 0.25) is 10.0 Å². The summed E-state index contributed by atoms with van der Waals surface area (Å²) in [5.74, 6) is -0.181. The zero-order valence-corrected chi connectivity index (χ0v) is 14.9. The van der Waals surface area contributed by atoms with E-state index in [1.54, 1.807) is 42.5 Å². The van der Waals surface area contributed by atoms with Crippen molar-refractivity contribution in [2.45, 2.75) is 12.8 Å². The highest BCUT2D eigenvalue weighted by molar-refractivity contribution is 6.32. The average molecular weight is 379 g/mol. The summed E-state index contributed by atoms with van der Waals surface area (Å²) in [4.78, 5) is 25.1. The quantitative estimate of drug-likeness (QED) is 0.759. The Morgan fingerprint density at radius 2 is 1.64 bits per heavy atom. The maximum Gasteiger partial charge on any atom is 0.240 e. The average Bonchev–Trinajstić information content (AvgIpc) is 3.37. The van der Waals surface area contributed by atoms with Crippen LogP contribution in [0.1, 0.15) is 12.8 Å². The second kappa shape index (κ2) is 6.94. The molecule has 1 fully saturated rings. The number of rotatable bonds is 5. The molecular formula is C18H16Cl2N2O3. The Hall–Kier alpha value is -2.24. The lowest BCUT2D eigenvalue weighted by atomic mass is 10.0. The first-order valence-corrected chi connectivity index (χ1v) is 8.42. The minimum Gasteiger partial charge on any atom is -0.495 e. The Morgan fingerprint density at radius 3 is 2.16 bits per heavy atom. The fourth-order valence-electron chi connectivity index (χ4n) is 2.49. The Balaban J connectivity index is 1.70. The van der Waals surface area contributed by atoms with E-state index in [1.807, 2.05) is 0 Å². The van der Waals surface area contributed by atoms with E-state index >= 15 is 0 Å². The van der Waals surface area contributed by atoms with E-state index in [0.717, 1.165) is 0 Å². The van der Waals surface area contributed by atoms with E-state index < -0.39 is 5.41 Å². The Kier molecular flexibility index (Phi) is 4.88. The van der Waals surface area contributed by atoms with Crippen molar-refractivity contribution in [3.05, 3.63) is 52.5 Å². The highest BCUT2D eigenvalue weighted by atomic mass is 35.5. The van der Waals surface area contributed by atoms with Gasteiger partial charge in [0.05, 0.1) is 12.1 Å². The maximum atomic E-state index is 12.6. The largest absolute Gasteiger partial charge is 0.495 e. The normalized spacial score (nSPS) is 14.5. The summed E-state index contributed by atoms with van der Waals surface area (Å²) >= 11 is 12.0. The van der Waals surface area contributed by atoms with Crippen LogP contribution in [0.4, 0.5) is 11.4 Å². The van der Waals surface area contributed by atoms with Crippen molar-refractivity contribution < 1.29 is 14.3 Å². The van der Waals surface area contributed by atoms with Crippen LogP contribution in [0.25, 0.3) is 0 Å². The predicted molar refractivity (Wildman–Crippen MR) is 98.4 cm³/mol. The molecule has 25 heavy (non-hydrogen) atoms. The molecule has 2 aromatic rings. The molecule has 0 saturated heterocycles. The van der Waals surface area contributed by atoms with Crippen LogP contribution in [0.5, 0.6) is 5.75 Å². The Morgan fingerprint density at radius 1 is 1.00 bits per heavy atom. The molecule has 0 unspecified atom stereocenters. The van der Waals surface area contributed by atoms with Gasteiger partial charge in [-0.3, -0.25) is 9.59 Å². The topological polar surface area (TPSA) is 67.4 Å². The summed E-state index contributed by atoms with van der Waals surface area (Å²) in [7, 11) is 1.51. The summed E-state index contributed by atoms with van der Waals surface area (Å²) in [6.45, 7) is 0. The molecule has 0 aliphatic heterocycles. The minimum atomic E-state index is -1.06. The number of hydrogen-bond acceptors (Lipinski definition) is 3. The molecular weight excluding hydrogens is 363 g/mol. The van der Waals surface area contributed by atoms with Crippen molar-refractivity contribution in [1.29, 1.82) is 0 Å². The van der Waals surface area contributed by atoms with Gasteiger partial charge in [0.1, 0.15) is 11.2 Å². The van der Waals surface area contributed by atoms with Gasteiger partial charge in [-0.05, 0) is 49.2 Å². The molecule has 0 spiro atoms. The molecule has 1 saturated carbocycles. The molecule has 0 atom stereocenters. The van der Waals surface area contributed by atoms with Crippen molar-refractivity contribution in [3.8, 4) is 5.75 Å². The monoisotopic (exact) mass is 378 g/mol. The molecule has 1 aliphatic rings. The molecule has 0 radical (unpaired) electrons. The predicted octanol–water partition coefficient (Wildman–Crippen LogP) is 4.36. The van der Waals surface area contributed by atoms with Gasteiger partial charge in [-0.25, -0.2) is 0 Å². The number of amides is 2. The maximum absolute atomic E-state index is 12.6. The number of anilines is 2.